The van der Waals surface area contributed by atoms with E-state index in [-0.39, 0.29) is 29.5 Å². The van der Waals surface area contributed by atoms with Crippen LogP contribution in [0.3, 0.4) is 0 Å². The molecule has 170 valence electrons. The second kappa shape index (κ2) is 10.9. The number of nitrogens with one attached hydrogen (secondary N) is 1. The number of hydrogen-bond acceptors (Lipinski definition) is 4. The Bertz CT molecular complexity index is 965. The monoisotopic (exact) mass is 441 g/mol. The van der Waals surface area contributed by atoms with Gasteiger partial charge in [-0.05, 0) is 87.1 Å². The van der Waals surface area contributed by atoms with Crippen LogP contribution in [0.2, 0.25) is 0 Å². The Kier molecular flexibility index (Phi) is 7.98. The minimum absolute atomic E-state index is 0.000469. The van der Waals surface area contributed by atoms with E-state index in [1.54, 1.807) is 31.2 Å². The number of benzene rings is 2. The van der Waals surface area contributed by atoms with Gasteiger partial charge in [-0.2, -0.15) is 0 Å². The molecule has 1 saturated carbocycles. The first-order valence-corrected chi connectivity index (χ1v) is 10.9. The summed E-state index contributed by atoms with van der Waals surface area (Å²) in [5, 5.41) is 11.8. The van der Waals surface area contributed by atoms with E-state index in [2.05, 4.69) is 5.32 Å². The van der Waals surface area contributed by atoms with E-state index in [0.717, 1.165) is 0 Å². The van der Waals surface area contributed by atoms with E-state index in [9.17, 15) is 18.8 Å². The average molecular weight is 441 g/mol. The molecule has 2 aromatic carbocycles. The van der Waals surface area contributed by atoms with E-state index in [1.165, 1.54) is 18.2 Å². The molecule has 0 spiro atoms. The first-order valence-electron chi connectivity index (χ1n) is 10.9. The summed E-state index contributed by atoms with van der Waals surface area (Å²) >= 11 is 0. The maximum atomic E-state index is 13.2. The van der Waals surface area contributed by atoms with Gasteiger partial charge in [-0.1, -0.05) is 0 Å². The first kappa shape index (κ1) is 23.4. The Labute approximate surface area is 186 Å². The van der Waals surface area contributed by atoms with Gasteiger partial charge in [-0.3, -0.25) is 14.4 Å². The highest BCUT2D eigenvalue weighted by Gasteiger charge is 2.26. The number of aliphatic carboxylic acids is 1. The van der Waals surface area contributed by atoms with Crippen molar-refractivity contribution in [2.45, 2.75) is 51.6 Å². The fraction of sp³-hybridized carbons (Fsp3) is 0.400. The van der Waals surface area contributed by atoms with E-state index in [1.807, 2.05) is 0 Å². The zero-order valence-electron chi connectivity index (χ0n) is 18.1. The Hall–Kier alpha value is -3.22. The molecule has 6 nitrogen and oxygen atoms in total. The van der Waals surface area contributed by atoms with E-state index in [4.69, 9.17) is 9.84 Å². The minimum atomic E-state index is -0.739. The molecule has 0 bridgehead atoms. The van der Waals surface area contributed by atoms with Crippen LogP contribution in [0, 0.1) is 18.7 Å². The number of ketones is 1. The number of carboxylic acids is 1. The Morgan fingerprint density at radius 1 is 1.06 bits per heavy atom. The second-order valence-corrected chi connectivity index (χ2v) is 8.20. The molecule has 3 rings (SSSR count). The quantitative estimate of drug-likeness (QED) is 0.440. The van der Waals surface area contributed by atoms with Gasteiger partial charge in [-0.15, -0.1) is 0 Å². The lowest BCUT2D eigenvalue weighted by atomic mass is 9.87. The molecule has 0 unspecified atom stereocenters. The third-order valence-electron chi connectivity index (χ3n) is 5.80. The van der Waals surface area contributed by atoms with Gasteiger partial charge < -0.3 is 15.2 Å². The van der Waals surface area contributed by atoms with Crippen LogP contribution in [-0.2, 0) is 4.79 Å². The molecule has 32 heavy (non-hydrogen) atoms. The van der Waals surface area contributed by atoms with E-state index >= 15 is 0 Å². The molecular formula is C25H28FNO5. The van der Waals surface area contributed by atoms with Crippen LogP contribution in [0.1, 0.15) is 64.8 Å². The smallest absolute Gasteiger partial charge is 0.306 e. The minimum Gasteiger partial charge on any atom is -0.490 e. The topological polar surface area (TPSA) is 92.7 Å². The fourth-order valence-electron chi connectivity index (χ4n) is 3.91. The highest BCUT2D eigenvalue weighted by molar-refractivity contribution is 5.96. The third-order valence-corrected chi connectivity index (χ3v) is 5.80. The van der Waals surface area contributed by atoms with Crippen LogP contribution in [0.4, 0.5) is 4.39 Å². The maximum absolute atomic E-state index is 13.2. The third kappa shape index (κ3) is 6.39. The number of carboxylic acid groups (broad SMARTS) is 1. The molecule has 1 amide bonds. The van der Waals surface area contributed by atoms with Crippen LogP contribution in [0.5, 0.6) is 5.75 Å². The predicted molar refractivity (Wildman–Crippen MR) is 117 cm³/mol. The molecule has 1 aliphatic carbocycles. The number of carbonyl (C=O) groups excluding carboxylic acids is 2. The number of carbonyl (C=O) groups is 3. The number of aryl methyl sites for hydroxylation is 1. The average Bonchev–Trinajstić information content (AvgIpc) is 2.77. The molecule has 0 aliphatic heterocycles. The number of amides is 1. The summed E-state index contributed by atoms with van der Waals surface area (Å²) in [6.07, 6.45) is 3.45. The summed E-state index contributed by atoms with van der Waals surface area (Å²) in [5.41, 5.74) is 1.56. The van der Waals surface area contributed by atoms with Crippen molar-refractivity contribution in [3.8, 4) is 5.75 Å². The van der Waals surface area contributed by atoms with Crippen LogP contribution < -0.4 is 10.1 Å². The van der Waals surface area contributed by atoms with Gasteiger partial charge in [0, 0.05) is 24.1 Å². The van der Waals surface area contributed by atoms with Gasteiger partial charge in [0.2, 0.25) is 0 Å². The summed E-state index contributed by atoms with van der Waals surface area (Å²) < 4.78 is 19.1. The molecule has 0 saturated heterocycles. The van der Waals surface area contributed by atoms with Crippen molar-refractivity contribution in [3.05, 3.63) is 65.0 Å². The lowest BCUT2D eigenvalue weighted by Crippen LogP contribution is -2.27. The Morgan fingerprint density at radius 2 is 1.75 bits per heavy atom. The van der Waals surface area contributed by atoms with Gasteiger partial charge in [-0.25, -0.2) is 4.39 Å². The first-order chi connectivity index (χ1) is 15.3. The molecule has 2 N–H and O–H groups in total. The van der Waals surface area contributed by atoms with Crippen molar-refractivity contribution in [2.75, 3.05) is 6.54 Å². The molecular weight excluding hydrogens is 413 g/mol. The van der Waals surface area contributed by atoms with Gasteiger partial charge in [0.05, 0.1) is 12.0 Å². The van der Waals surface area contributed by atoms with Gasteiger partial charge in [0.1, 0.15) is 11.6 Å². The second-order valence-electron chi connectivity index (χ2n) is 8.20. The summed E-state index contributed by atoms with van der Waals surface area (Å²) in [5.74, 6) is -1.04. The summed E-state index contributed by atoms with van der Waals surface area (Å²) in [4.78, 5) is 35.6. The highest BCUT2D eigenvalue weighted by Crippen LogP contribution is 2.28. The van der Waals surface area contributed by atoms with E-state index in [0.29, 0.717) is 67.5 Å². The van der Waals surface area contributed by atoms with Crippen molar-refractivity contribution < 1.29 is 28.6 Å². The van der Waals surface area contributed by atoms with Crippen molar-refractivity contribution in [2.24, 2.45) is 5.92 Å². The molecule has 0 atom stereocenters. The standard InChI is InChI=1S/C25H28FNO5/c1-16-15-19(26)8-13-22(16)24(29)27-14-2-3-23(28)17-4-9-20(10-5-17)32-21-11-6-18(7-12-21)25(30)31/h4-5,8-10,13,15,18,21H,2-3,6-7,11-12,14H2,1H3,(H,27,29)(H,30,31). The number of hydrogen-bond donors (Lipinski definition) is 2. The summed E-state index contributed by atoms with van der Waals surface area (Å²) in [6.45, 7) is 2.03. The molecule has 1 aliphatic rings. The van der Waals surface area contributed by atoms with Crippen molar-refractivity contribution in [3.63, 3.8) is 0 Å². The zero-order chi connectivity index (χ0) is 23.1. The number of ether oxygens (including phenoxy) is 1. The van der Waals surface area contributed by atoms with Gasteiger partial charge in [0.15, 0.2) is 5.78 Å². The fourth-order valence-corrected chi connectivity index (χ4v) is 3.91. The lowest BCUT2D eigenvalue weighted by molar-refractivity contribution is -0.143. The van der Waals surface area contributed by atoms with Crippen LogP contribution in [0.25, 0.3) is 0 Å². The van der Waals surface area contributed by atoms with Crippen molar-refractivity contribution >= 4 is 17.7 Å². The SMILES string of the molecule is Cc1cc(F)ccc1C(=O)NCCCC(=O)c1ccc(OC2CCC(C(=O)O)CC2)cc1. The van der Waals surface area contributed by atoms with Crippen LogP contribution in [-0.4, -0.2) is 35.4 Å². The number of Topliss-reactive ketones (excluding diaryl/α,β-unsaturated/α-hetero) is 1. The number of rotatable bonds is 9. The maximum Gasteiger partial charge on any atom is 0.306 e. The van der Waals surface area contributed by atoms with Crippen molar-refractivity contribution in [1.82, 2.24) is 5.32 Å². The largest absolute Gasteiger partial charge is 0.490 e. The van der Waals surface area contributed by atoms with Crippen LogP contribution >= 0.6 is 0 Å². The Morgan fingerprint density at radius 3 is 2.38 bits per heavy atom. The zero-order valence-corrected chi connectivity index (χ0v) is 18.1. The normalized spacial score (nSPS) is 18.1. The molecule has 0 aromatic heterocycles. The molecule has 0 heterocycles. The molecule has 2 aromatic rings. The molecule has 0 radical (unpaired) electrons. The predicted octanol–water partition coefficient (Wildman–Crippen LogP) is 4.55. The lowest BCUT2D eigenvalue weighted by Gasteiger charge is -2.26. The highest BCUT2D eigenvalue weighted by atomic mass is 19.1. The van der Waals surface area contributed by atoms with Gasteiger partial charge >= 0.3 is 5.97 Å². The Balaban J connectivity index is 1.40. The summed E-state index contributed by atoms with van der Waals surface area (Å²) in [7, 11) is 0. The summed E-state index contributed by atoms with van der Waals surface area (Å²) in [6, 6.07) is 11.0. The van der Waals surface area contributed by atoms with Gasteiger partial charge in [0.25, 0.3) is 5.91 Å². The van der Waals surface area contributed by atoms with Crippen molar-refractivity contribution in [1.29, 1.82) is 0 Å². The van der Waals surface area contributed by atoms with E-state index < -0.39 is 5.97 Å². The molecule has 7 heteroatoms. The van der Waals surface area contributed by atoms with Crippen LogP contribution in [0.15, 0.2) is 42.5 Å². The number of halogens is 1. The molecule has 1 fully saturated rings.